The molecule has 0 spiro atoms. The summed E-state index contributed by atoms with van der Waals surface area (Å²) in [4.78, 5) is 27.0. The Labute approximate surface area is 76.2 Å². The zero-order valence-electron chi connectivity index (χ0n) is 7.92. The third-order valence-corrected chi connectivity index (χ3v) is 1.78. The number of hydrogen-bond acceptors (Lipinski definition) is 2. The molecule has 0 bridgehead atoms. The Morgan fingerprint density at radius 1 is 1.46 bits per heavy atom. The SMILES string of the molecule is Cc1[nH]ccc(=O)c1C(=O)N(C)C. The third kappa shape index (κ3) is 1.77. The summed E-state index contributed by atoms with van der Waals surface area (Å²) in [6, 6.07) is 1.35. The molecule has 1 amide bonds. The second-order valence-electron chi connectivity index (χ2n) is 3.04. The molecule has 1 rings (SSSR count). The topological polar surface area (TPSA) is 53.2 Å². The van der Waals surface area contributed by atoms with Crippen LogP contribution in [0.5, 0.6) is 0 Å². The third-order valence-electron chi connectivity index (χ3n) is 1.78. The van der Waals surface area contributed by atoms with Gasteiger partial charge in [0.1, 0.15) is 5.56 Å². The van der Waals surface area contributed by atoms with E-state index >= 15 is 0 Å². The molecule has 4 nitrogen and oxygen atoms in total. The number of rotatable bonds is 1. The summed E-state index contributed by atoms with van der Waals surface area (Å²) < 4.78 is 0. The fourth-order valence-electron chi connectivity index (χ4n) is 1.07. The summed E-state index contributed by atoms with van der Waals surface area (Å²) in [5.41, 5.74) is 0.577. The van der Waals surface area contributed by atoms with Crippen LogP contribution in [0.1, 0.15) is 16.1 Å². The lowest BCUT2D eigenvalue weighted by Gasteiger charge is -2.10. The molecule has 1 N–H and O–H groups in total. The molecule has 0 aliphatic carbocycles. The van der Waals surface area contributed by atoms with Crippen molar-refractivity contribution in [3.8, 4) is 0 Å². The van der Waals surface area contributed by atoms with Gasteiger partial charge in [-0.25, -0.2) is 0 Å². The highest BCUT2D eigenvalue weighted by Crippen LogP contribution is 2.00. The molecule has 0 aromatic carbocycles. The van der Waals surface area contributed by atoms with Crippen molar-refractivity contribution in [2.45, 2.75) is 6.92 Å². The number of nitrogens with one attached hydrogen (secondary N) is 1. The molecule has 1 heterocycles. The molecule has 13 heavy (non-hydrogen) atoms. The smallest absolute Gasteiger partial charge is 0.259 e. The number of aryl methyl sites for hydroxylation is 1. The molecule has 1 aromatic heterocycles. The molecule has 0 saturated carbocycles. The van der Waals surface area contributed by atoms with Crippen molar-refractivity contribution in [1.82, 2.24) is 9.88 Å². The minimum Gasteiger partial charge on any atom is -0.364 e. The van der Waals surface area contributed by atoms with E-state index in [-0.39, 0.29) is 16.9 Å². The molecule has 0 fully saturated rings. The van der Waals surface area contributed by atoms with Crippen LogP contribution in [0.2, 0.25) is 0 Å². The molecule has 0 radical (unpaired) electrons. The number of hydrogen-bond donors (Lipinski definition) is 1. The van der Waals surface area contributed by atoms with Gasteiger partial charge in [0.2, 0.25) is 0 Å². The quantitative estimate of drug-likeness (QED) is 0.679. The van der Waals surface area contributed by atoms with Gasteiger partial charge >= 0.3 is 0 Å². The van der Waals surface area contributed by atoms with Gasteiger partial charge in [0.15, 0.2) is 5.43 Å². The van der Waals surface area contributed by atoms with E-state index in [4.69, 9.17) is 0 Å². The van der Waals surface area contributed by atoms with Crippen molar-refractivity contribution in [2.75, 3.05) is 14.1 Å². The van der Waals surface area contributed by atoms with Crippen molar-refractivity contribution in [3.05, 3.63) is 33.7 Å². The Morgan fingerprint density at radius 3 is 2.54 bits per heavy atom. The lowest BCUT2D eigenvalue weighted by molar-refractivity contribution is 0.0825. The maximum atomic E-state index is 11.5. The number of aromatic amines is 1. The average molecular weight is 180 g/mol. The fraction of sp³-hybridized carbons (Fsp3) is 0.333. The van der Waals surface area contributed by atoms with Gasteiger partial charge in [-0.3, -0.25) is 9.59 Å². The molecule has 4 heteroatoms. The molecular weight excluding hydrogens is 168 g/mol. The first-order valence-corrected chi connectivity index (χ1v) is 3.94. The molecule has 0 aliphatic rings. The molecule has 0 unspecified atom stereocenters. The monoisotopic (exact) mass is 180 g/mol. The van der Waals surface area contributed by atoms with Gasteiger partial charge in [-0.2, -0.15) is 0 Å². The van der Waals surface area contributed by atoms with E-state index in [1.807, 2.05) is 0 Å². The van der Waals surface area contributed by atoms with E-state index in [1.54, 1.807) is 21.0 Å². The average Bonchev–Trinajstić information content (AvgIpc) is 2.03. The van der Waals surface area contributed by atoms with Crippen molar-refractivity contribution in [1.29, 1.82) is 0 Å². The van der Waals surface area contributed by atoms with Crippen molar-refractivity contribution >= 4 is 5.91 Å². The number of pyridine rings is 1. The zero-order valence-corrected chi connectivity index (χ0v) is 7.92. The predicted octanol–water partition coefficient (Wildman–Crippen LogP) is 0.385. The van der Waals surface area contributed by atoms with Crippen LogP contribution in [-0.2, 0) is 0 Å². The molecule has 0 atom stereocenters. The van der Waals surface area contributed by atoms with Crippen molar-refractivity contribution < 1.29 is 4.79 Å². The summed E-state index contributed by atoms with van der Waals surface area (Å²) in [6.07, 6.45) is 1.53. The molecular formula is C9H12N2O2. The Morgan fingerprint density at radius 2 is 2.08 bits per heavy atom. The summed E-state index contributed by atoms with van der Waals surface area (Å²) >= 11 is 0. The first-order chi connectivity index (χ1) is 6.04. The number of amides is 1. The number of carbonyl (C=O) groups excluding carboxylic acids is 1. The van der Waals surface area contributed by atoms with Crippen molar-refractivity contribution in [2.24, 2.45) is 0 Å². The van der Waals surface area contributed by atoms with Crippen LogP contribution in [0.3, 0.4) is 0 Å². The van der Waals surface area contributed by atoms with E-state index in [2.05, 4.69) is 4.98 Å². The summed E-state index contributed by atoms with van der Waals surface area (Å²) in [6.45, 7) is 1.71. The van der Waals surface area contributed by atoms with E-state index in [1.165, 1.54) is 17.2 Å². The van der Waals surface area contributed by atoms with Gasteiger partial charge in [-0.15, -0.1) is 0 Å². The van der Waals surface area contributed by atoms with E-state index in [0.29, 0.717) is 5.69 Å². The zero-order chi connectivity index (χ0) is 10.0. The second-order valence-corrected chi connectivity index (χ2v) is 3.04. The number of H-pyrrole nitrogens is 1. The second kappa shape index (κ2) is 3.43. The summed E-state index contributed by atoms with van der Waals surface area (Å²) in [7, 11) is 3.24. The van der Waals surface area contributed by atoms with Crippen LogP contribution in [-0.4, -0.2) is 29.9 Å². The van der Waals surface area contributed by atoms with Gasteiger partial charge < -0.3 is 9.88 Å². The standard InChI is InChI=1S/C9H12N2O2/c1-6-8(9(13)11(2)3)7(12)4-5-10-6/h4-5H,1-3H3,(H,10,12). The van der Waals surface area contributed by atoms with Gasteiger partial charge in [-0.05, 0) is 6.92 Å². The number of nitrogens with zero attached hydrogens (tertiary/aromatic N) is 1. The number of carbonyl (C=O) groups is 1. The first kappa shape index (κ1) is 9.51. The maximum absolute atomic E-state index is 11.5. The van der Waals surface area contributed by atoms with Crippen LogP contribution in [0, 0.1) is 6.92 Å². The van der Waals surface area contributed by atoms with Crippen molar-refractivity contribution in [3.63, 3.8) is 0 Å². The Balaban J connectivity index is 3.29. The van der Waals surface area contributed by atoms with Crippen LogP contribution in [0.15, 0.2) is 17.1 Å². The van der Waals surface area contributed by atoms with Crippen LogP contribution in [0.4, 0.5) is 0 Å². The minimum absolute atomic E-state index is 0.215. The highest BCUT2D eigenvalue weighted by molar-refractivity contribution is 5.94. The normalized spacial score (nSPS) is 9.77. The lowest BCUT2D eigenvalue weighted by atomic mass is 10.2. The Bertz CT molecular complexity index is 379. The van der Waals surface area contributed by atoms with Crippen LogP contribution in [0.25, 0.3) is 0 Å². The first-order valence-electron chi connectivity index (χ1n) is 3.94. The van der Waals surface area contributed by atoms with E-state index in [0.717, 1.165) is 0 Å². The molecule has 0 saturated heterocycles. The highest BCUT2D eigenvalue weighted by Gasteiger charge is 2.14. The van der Waals surface area contributed by atoms with Gasteiger partial charge in [0.05, 0.1) is 0 Å². The Hall–Kier alpha value is -1.58. The minimum atomic E-state index is -0.264. The molecule has 70 valence electrons. The van der Waals surface area contributed by atoms with Gasteiger partial charge in [0, 0.05) is 32.1 Å². The summed E-state index contributed by atoms with van der Waals surface area (Å²) in [5, 5.41) is 0. The fourth-order valence-corrected chi connectivity index (χ4v) is 1.07. The van der Waals surface area contributed by atoms with Crippen LogP contribution < -0.4 is 5.43 Å². The van der Waals surface area contributed by atoms with E-state index in [9.17, 15) is 9.59 Å². The molecule has 0 aliphatic heterocycles. The van der Waals surface area contributed by atoms with Gasteiger partial charge in [-0.1, -0.05) is 0 Å². The van der Waals surface area contributed by atoms with E-state index < -0.39 is 0 Å². The number of aromatic nitrogens is 1. The molecule has 1 aromatic rings. The maximum Gasteiger partial charge on any atom is 0.259 e. The summed E-state index contributed by atoms with van der Waals surface area (Å²) in [5.74, 6) is -0.264. The highest BCUT2D eigenvalue weighted by atomic mass is 16.2. The van der Waals surface area contributed by atoms with Crippen LogP contribution >= 0.6 is 0 Å². The lowest BCUT2D eigenvalue weighted by Crippen LogP contribution is -2.28. The Kier molecular flexibility index (Phi) is 2.51. The van der Waals surface area contributed by atoms with Gasteiger partial charge in [0.25, 0.3) is 5.91 Å². The predicted molar refractivity (Wildman–Crippen MR) is 49.8 cm³/mol. The largest absolute Gasteiger partial charge is 0.364 e.